The van der Waals surface area contributed by atoms with Gasteiger partial charge in [-0.3, -0.25) is 5.43 Å². The summed E-state index contributed by atoms with van der Waals surface area (Å²) >= 11 is 6.24. The third kappa shape index (κ3) is 4.42. The zero-order chi connectivity index (χ0) is 20.9. The van der Waals surface area contributed by atoms with Crippen molar-refractivity contribution in [3.05, 3.63) is 95.0 Å². The van der Waals surface area contributed by atoms with Gasteiger partial charge in [0.1, 0.15) is 5.71 Å². The zero-order valence-corrected chi connectivity index (χ0v) is 16.9. The van der Waals surface area contributed by atoms with E-state index in [0.29, 0.717) is 22.4 Å². The van der Waals surface area contributed by atoms with E-state index in [0.717, 1.165) is 16.8 Å². The second-order valence-corrected chi connectivity index (χ2v) is 6.94. The minimum absolute atomic E-state index is 0.354. The van der Waals surface area contributed by atoms with Crippen LogP contribution in [0.1, 0.15) is 11.1 Å². The molecule has 0 unspecified atom stereocenters. The normalized spacial score (nSPS) is 12.8. The first kappa shape index (κ1) is 19.5. The van der Waals surface area contributed by atoms with Crippen molar-refractivity contribution in [2.75, 3.05) is 12.4 Å². The highest BCUT2D eigenvalue weighted by Crippen LogP contribution is 2.28. The average molecular weight is 419 g/mol. The smallest absolute Gasteiger partial charge is 0.307 e. The number of amides is 2. The van der Waals surface area contributed by atoms with Crippen LogP contribution in [0.4, 0.5) is 16.2 Å². The first-order valence-electron chi connectivity index (χ1n) is 9.24. The first-order chi connectivity index (χ1) is 14.6. The summed E-state index contributed by atoms with van der Waals surface area (Å²) in [4.78, 5) is 16.8. The maximum absolute atomic E-state index is 12.2. The van der Waals surface area contributed by atoms with Crippen LogP contribution in [0.5, 0.6) is 0 Å². The van der Waals surface area contributed by atoms with Gasteiger partial charge < -0.3 is 5.32 Å². The van der Waals surface area contributed by atoms with E-state index in [9.17, 15) is 4.79 Å². The van der Waals surface area contributed by atoms with E-state index in [1.807, 2.05) is 60.7 Å². The predicted molar refractivity (Wildman–Crippen MR) is 120 cm³/mol. The van der Waals surface area contributed by atoms with E-state index in [4.69, 9.17) is 16.7 Å². The Morgan fingerprint density at radius 2 is 1.67 bits per heavy atom. The van der Waals surface area contributed by atoms with Gasteiger partial charge in [0.2, 0.25) is 5.96 Å². The number of carbonyl (C=O) groups is 1. The molecule has 0 saturated heterocycles. The molecule has 0 spiro atoms. The molecule has 3 aromatic carbocycles. The highest BCUT2D eigenvalue weighted by Gasteiger charge is 2.20. The van der Waals surface area contributed by atoms with Gasteiger partial charge in [0, 0.05) is 28.9 Å². The molecule has 7 nitrogen and oxygen atoms in total. The fourth-order valence-corrected chi connectivity index (χ4v) is 3.12. The number of guanidine groups is 1. The maximum Gasteiger partial charge on any atom is 0.337 e. The van der Waals surface area contributed by atoms with Crippen molar-refractivity contribution in [2.45, 2.75) is 0 Å². The molecule has 0 aromatic heterocycles. The largest absolute Gasteiger partial charge is 0.337 e. The number of hydrazine groups is 1. The van der Waals surface area contributed by atoms with E-state index < -0.39 is 6.03 Å². The van der Waals surface area contributed by atoms with Crippen LogP contribution in [-0.4, -0.2) is 29.8 Å². The van der Waals surface area contributed by atoms with Crippen LogP contribution < -0.4 is 16.2 Å². The molecule has 0 radical (unpaired) electrons. The van der Waals surface area contributed by atoms with E-state index in [2.05, 4.69) is 21.2 Å². The van der Waals surface area contributed by atoms with Crippen molar-refractivity contribution in [2.24, 2.45) is 10.1 Å². The molecule has 2 amide bonds. The molecule has 30 heavy (non-hydrogen) atoms. The number of benzene rings is 3. The Hall–Kier alpha value is -3.84. The molecule has 1 aliphatic heterocycles. The van der Waals surface area contributed by atoms with Gasteiger partial charge in [-0.25, -0.2) is 20.2 Å². The molecule has 8 heteroatoms. The third-order valence-electron chi connectivity index (χ3n) is 4.36. The summed E-state index contributed by atoms with van der Waals surface area (Å²) < 4.78 is 0. The fraction of sp³-hybridized carbons (Fsp3) is 0.0455. The SMILES string of the molecule is CN1N=C(c2ccccc2)c2cc(Cl)ccc2N=C1NNC(=O)Nc1ccccc1. The van der Waals surface area contributed by atoms with Crippen molar-refractivity contribution < 1.29 is 4.79 Å². The molecule has 3 N–H and O–H groups in total. The summed E-state index contributed by atoms with van der Waals surface area (Å²) in [5.74, 6) is 0.354. The summed E-state index contributed by atoms with van der Waals surface area (Å²) in [6, 6.07) is 23.9. The number of hydrogen-bond acceptors (Lipinski definition) is 5. The Morgan fingerprint density at radius 3 is 2.40 bits per heavy atom. The van der Waals surface area contributed by atoms with Crippen molar-refractivity contribution >= 4 is 40.7 Å². The Morgan fingerprint density at radius 1 is 0.967 bits per heavy atom. The molecule has 0 saturated carbocycles. The van der Waals surface area contributed by atoms with Crippen molar-refractivity contribution in [3.8, 4) is 0 Å². The third-order valence-corrected chi connectivity index (χ3v) is 4.60. The second kappa shape index (κ2) is 8.67. The molecule has 1 aliphatic rings. The zero-order valence-electron chi connectivity index (χ0n) is 16.1. The van der Waals surface area contributed by atoms with Gasteiger partial charge in [-0.2, -0.15) is 5.10 Å². The monoisotopic (exact) mass is 418 g/mol. The number of fused-ring (bicyclic) bond motifs is 1. The van der Waals surface area contributed by atoms with E-state index in [-0.39, 0.29) is 0 Å². The average Bonchev–Trinajstić information content (AvgIpc) is 2.90. The summed E-state index contributed by atoms with van der Waals surface area (Å²) in [5, 5.41) is 9.59. The Kier molecular flexibility index (Phi) is 5.63. The number of rotatable bonds is 2. The van der Waals surface area contributed by atoms with Gasteiger partial charge in [-0.1, -0.05) is 60.1 Å². The lowest BCUT2D eigenvalue weighted by atomic mass is 10.0. The van der Waals surface area contributed by atoms with Gasteiger partial charge in [0.15, 0.2) is 0 Å². The number of aliphatic imine (C=N–C) groups is 1. The lowest BCUT2D eigenvalue weighted by molar-refractivity contribution is 0.250. The minimum Gasteiger partial charge on any atom is -0.307 e. The topological polar surface area (TPSA) is 81.1 Å². The van der Waals surface area contributed by atoms with Gasteiger partial charge in [0.05, 0.1) is 5.69 Å². The quantitative estimate of drug-likeness (QED) is 0.541. The lowest BCUT2D eigenvalue weighted by Crippen LogP contribution is -2.48. The molecule has 0 fully saturated rings. The van der Waals surface area contributed by atoms with Crippen molar-refractivity contribution in [3.63, 3.8) is 0 Å². The standard InChI is InChI=1S/C22H19ClN6O/c1-29-21(26-27-22(30)24-17-10-6-3-7-11-17)25-19-13-12-16(23)14-18(19)20(28-29)15-8-4-2-5-9-15/h2-14H,1H3,(H,25,26)(H2,24,27,30). The Balaban J connectivity index is 1.59. The fourth-order valence-electron chi connectivity index (χ4n) is 2.95. The van der Waals surface area contributed by atoms with Crippen LogP contribution in [-0.2, 0) is 0 Å². The number of anilines is 1. The molecule has 4 rings (SSSR count). The van der Waals surface area contributed by atoms with Gasteiger partial charge in [0.25, 0.3) is 0 Å². The number of halogens is 1. The molecular weight excluding hydrogens is 400 g/mol. The number of carbonyl (C=O) groups excluding carboxylic acids is 1. The number of urea groups is 1. The molecule has 0 bridgehead atoms. The van der Waals surface area contributed by atoms with E-state index in [1.165, 1.54) is 0 Å². The van der Waals surface area contributed by atoms with Crippen LogP contribution >= 0.6 is 11.6 Å². The number of nitrogens with zero attached hydrogens (tertiary/aromatic N) is 3. The number of para-hydroxylation sites is 1. The summed E-state index contributed by atoms with van der Waals surface area (Å²) in [6.07, 6.45) is 0. The summed E-state index contributed by atoms with van der Waals surface area (Å²) in [5.41, 5.74) is 9.23. The van der Waals surface area contributed by atoms with Gasteiger partial charge >= 0.3 is 6.03 Å². The second-order valence-electron chi connectivity index (χ2n) is 6.51. The highest BCUT2D eigenvalue weighted by atomic mass is 35.5. The number of nitrogens with one attached hydrogen (secondary N) is 3. The summed E-state index contributed by atoms with van der Waals surface area (Å²) in [6.45, 7) is 0. The molecule has 150 valence electrons. The van der Waals surface area contributed by atoms with Crippen LogP contribution in [0, 0.1) is 0 Å². The molecule has 0 aliphatic carbocycles. The minimum atomic E-state index is -0.426. The predicted octanol–water partition coefficient (Wildman–Crippen LogP) is 4.35. The Labute approximate surface area is 179 Å². The maximum atomic E-state index is 12.2. The molecular formula is C22H19ClN6O. The van der Waals surface area contributed by atoms with Crippen molar-refractivity contribution in [1.29, 1.82) is 0 Å². The highest BCUT2D eigenvalue weighted by molar-refractivity contribution is 6.31. The molecule has 1 heterocycles. The van der Waals surface area contributed by atoms with Crippen LogP contribution in [0.2, 0.25) is 5.02 Å². The van der Waals surface area contributed by atoms with E-state index >= 15 is 0 Å². The van der Waals surface area contributed by atoms with Crippen molar-refractivity contribution in [1.82, 2.24) is 15.9 Å². The first-order valence-corrected chi connectivity index (χ1v) is 9.62. The van der Waals surface area contributed by atoms with Gasteiger partial charge in [-0.05, 0) is 30.3 Å². The van der Waals surface area contributed by atoms with E-state index in [1.54, 1.807) is 30.3 Å². The summed E-state index contributed by atoms with van der Waals surface area (Å²) in [7, 11) is 1.75. The van der Waals surface area contributed by atoms with Crippen LogP contribution in [0.15, 0.2) is 89.0 Å². The van der Waals surface area contributed by atoms with Gasteiger partial charge in [-0.15, -0.1) is 0 Å². The van der Waals surface area contributed by atoms with Crippen LogP contribution in [0.25, 0.3) is 0 Å². The Bertz CT molecular complexity index is 1110. The number of hydrogen-bond donors (Lipinski definition) is 3. The number of hydrazone groups is 1. The molecule has 3 aromatic rings. The molecule has 0 atom stereocenters. The van der Waals surface area contributed by atoms with Crippen LogP contribution in [0.3, 0.4) is 0 Å². The lowest BCUT2D eigenvalue weighted by Gasteiger charge is -2.17.